The zero-order valence-electron chi connectivity index (χ0n) is 15.7. The maximum Gasteiger partial charge on any atom is 0.573 e. The molecule has 0 radical (unpaired) electrons. The van der Waals surface area contributed by atoms with Crippen LogP contribution in [0.3, 0.4) is 0 Å². The predicted molar refractivity (Wildman–Crippen MR) is 107 cm³/mol. The molecule has 2 heterocycles. The van der Waals surface area contributed by atoms with Crippen molar-refractivity contribution in [1.82, 2.24) is 14.8 Å². The lowest BCUT2D eigenvalue weighted by molar-refractivity contribution is -0.274. The van der Waals surface area contributed by atoms with Gasteiger partial charge in [0.25, 0.3) is 0 Å². The van der Waals surface area contributed by atoms with Gasteiger partial charge in [0.2, 0.25) is 0 Å². The van der Waals surface area contributed by atoms with E-state index >= 15 is 0 Å². The van der Waals surface area contributed by atoms with Crippen LogP contribution in [-0.4, -0.2) is 28.2 Å². The number of benzene rings is 2. The first-order valence-corrected chi connectivity index (χ1v) is 9.20. The van der Waals surface area contributed by atoms with E-state index in [-0.39, 0.29) is 12.4 Å². The second kappa shape index (κ2) is 7.97. The van der Waals surface area contributed by atoms with Crippen LogP contribution in [0.25, 0.3) is 27.7 Å². The van der Waals surface area contributed by atoms with Crippen LogP contribution < -0.4 is 4.74 Å². The molecule has 0 atom stereocenters. The number of halogens is 4. The summed E-state index contributed by atoms with van der Waals surface area (Å²) in [6, 6.07) is 12.8. The third-order valence-electron chi connectivity index (χ3n) is 4.46. The smallest absolute Gasteiger partial charge is 0.406 e. The number of alkyl halides is 3. The molecule has 0 amide bonds. The van der Waals surface area contributed by atoms with Crippen molar-refractivity contribution >= 4 is 22.5 Å². The van der Waals surface area contributed by atoms with E-state index in [0.717, 1.165) is 22.3 Å². The number of aromatic nitrogens is 3. The Bertz CT molecular complexity index is 1190. The maximum absolute atomic E-state index is 12.4. The minimum Gasteiger partial charge on any atom is -0.406 e. The van der Waals surface area contributed by atoms with E-state index in [0.29, 0.717) is 16.1 Å². The Morgan fingerprint density at radius 3 is 2.53 bits per heavy atom. The van der Waals surface area contributed by atoms with Gasteiger partial charge in [-0.2, -0.15) is 5.10 Å². The van der Waals surface area contributed by atoms with Gasteiger partial charge in [0, 0.05) is 29.3 Å². The lowest BCUT2D eigenvalue weighted by atomic mass is 10.1. The fourth-order valence-corrected chi connectivity index (χ4v) is 3.39. The molecule has 0 spiro atoms. The Morgan fingerprint density at radius 1 is 1.07 bits per heavy atom. The van der Waals surface area contributed by atoms with Crippen molar-refractivity contribution in [3.05, 3.63) is 71.6 Å². The molecular formula is C21H15ClF3N3O2. The number of hydrogen-bond acceptors (Lipinski definition) is 4. The molecule has 0 saturated heterocycles. The summed E-state index contributed by atoms with van der Waals surface area (Å²) in [5.74, 6) is -0.288. The Morgan fingerprint density at radius 2 is 1.83 bits per heavy atom. The van der Waals surface area contributed by atoms with E-state index in [1.54, 1.807) is 48.5 Å². The standard InChI is InChI=1S/C21H15ClF3N3O2/c1-29-12-20-17(13-2-5-15(6-3-13)30-21(23,24)25)11-27-28(20)19-8-9-26-18-10-14(22)4-7-16(18)19/h2-11H,12H2,1H3. The van der Waals surface area contributed by atoms with Crippen LogP contribution in [0.2, 0.25) is 5.02 Å². The van der Waals surface area contributed by atoms with Gasteiger partial charge in [0.05, 0.1) is 29.7 Å². The van der Waals surface area contributed by atoms with Gasteiger partial charge in [-0.05, 0) is 42.0 Å². The summed E-state index contributed by atoms with van der Waals surface area (Å²) >= 11 is 6.07. The SMILES string of the molecule is COCc1c(-c2ccc(OC(F)(F)F)cc2)cnn1-c1ccnc2cc(Cl)ccc12. The molecule has 0 unspecified atom stereocenters. The second-order valence-corrected chi connectivity index (χ2v) is 6.85. The highest BCUT2D eigenvalue weighted by Crippen LogP contribution is 2.31. The lowest BCUT2D eigenvalue weighted by Crippen LogP contribution is -2.16. The number of nitrogens with zero attached hydrogens (tertiary/aromatic N) is 3. The molecule has 0 aliphatic rings. The maximum atomic E-state index is 12.4. The highest BCUT2D eigenvalue weighted by Gasteiger charge is 2.31. The highest BCUT2D eigenvalue weighted by molar-refractivity contribution is 6.31. The molecule has 0 fully saturated rings. The van der Waals surface area contributed by atoms with Gasteiger partial charge in [-0.3, -0.25) is 4.98 Å². The van der Waals surface area contributed by atoms with Gasteiger partial charge >= 0.3 is 6.36 Å². The highest BCUT2D eigenvalue weighted by atomic mass is 35.5. The molecule has 4 rings (SSSR count). The minimum atomic E-state index is -4.74. The van der Waals surface area contributed by atoms with Crippen molar-refractivity contribution in [1.29, 1.82) is 0 Å². The van der Waals surface area contributed by atoms with Gasteiger partial charge in [0.1, 0.15) is 5.75 Å². The van der Waals surface area contributed by atoms with E-state index in [1.165, 1.54) is 12.1 Å². The van der Waals surface area contributed by atoms with Gasteiger partial charge in [-0.25, -0.2) is 4.68 Å². The van der Waals surface area contributed by atoms with E-state index in [1.807, 2.05) is 12.1 Å². The molecule has 0 aliphatic carbocycles. The largest absolute Gasteiger partial charge is 0.573 e. The fourth-order valence-electron chi connectivity index (χ4n) is 3.23. The van der Waals surface area contributed by atoms with Crippen LogP contribution in [0.1, 0.15) is 5.69 Å². The molecule has 4 aromatic rings. The van der Waals surface area contributed by atoms with Crippen LogP contribution in [0, 0.1) is 0 Å². The van der Waals surface area contributed by atoms with Crippen LogP contribution >= 0.6 is 11.6 Å². The monoisotopic (exact) mass is 433 g/mol. The van der Waals surface area contributed by atoms with E-state index in [9.17, 15) is 13.2 Å². The first kappa shape index (κ1) is 20.2. The molecule has 0 aliphatic heterocycles. The normalized spacial score (nSPS) is 11.8. The van der Waals surface area contributed by atoms with Crippen molar-refractivity contribution < 1.29 is 22.6 Å². The van der Waals surface area contributed by atoms with Gasteiger partial charge in [-0.15, -0.1) is 13.2 Å². The van der Waals surface area contributed by atoms with Crippen molar-refractivity contribution in [2.75, 3.05) is 7.11 Å². The minimum absolute atomic E-state index is 0.244. The molecular weight excluding hydrogens is 419 g/mol. The summed E-state index contributed by atoms with van der Waals surface area (Å²) < 4.78 is 48.3. The third-order valence-corrected chi connectivity index (χ3v) is 4.69. The Balaban J connectivity index is 1.78. The summed E-state index contributed by atoms with van der Waals surface area (Å²) in [6.07, 6.45) is -1.43. The number of methoxy groups -OCH3 is 1. The summed E-state index contributed by atoms with van der Waals surface area (Å²) in [7, 11) is 1.56. The zero-order chi connectivity index (χ0) is 21.3. The fraction of sp³-hybridized carbons (Fsp3) is 0.143. The van der Waals surface area contributed by atoms with Crippen molar-refractivity contribution in [2.24, 2.45) is 0 Å². The number of rotatable bonds is 5. The molecule has 154 valence electrons. The van der Waals surface area contributed by atoms with E-state index in [2.05, 4.69) is 14.8 Å². The first-order chi connectivity index (χ1) is 14.4. The van der Waals surface area contributed by atoms with Crippen LogP contribution in [0.4, 0.5) is 13.2 Å². The number of ether oxygens (including phenoxy) is 2. The molecule has 30 heavy (non-hydrogen) atoms. The molecule has 5 nitrogen and oxygen atoms in total. The molecule has 0 saturated carbocycles. The molecule has 9 heteroatoms. The summed E-state index contributed by atoms with van der Waals surface area (Å²) in [6.45, 7) is 0.244. The molecule has 0 bridgehead atoms. The van der Waals surface area contributed by atoms with Crippen molar-refractivity contribution in [3.63, 3.8) is 0 Å². The quantitative estimate of drug-likeness (QED) is 0.400. The molecule has 2 aromatic carbocycles. The van der Waals surface area contributed by atoms with Gasteiger partial charge in [-0.1, -0.05) is 23.7 Å². The topological polar surface area (TPSA) is 49.2 Å². The van der Waals surface area contributed by atoms with Crippen LogP contribution in [-0.2, 0) is 11.3 Å². The van der Waals surface area contributed by atoms with Crippen LogP contribution in [0.15, 0.2) is 60.9 Å². The van der Waals surface area contributed by atoms with Gasteiger partial charge in [0.15, 0.2) is 0 Å². The summed E-state index contributed by atoms with van der Waals surface area (Å²) in [5.41, 5.74) is 3.66. The number of fused-ring (bicyclic) bond motifs is 1. The van der Waals surface area contributed by atoms with Gasteiger partial charge < -0.3 is 9.47 Å². The Hall–Kier alpha value is -3.10. The average Bonchev–Trinajstić information content (AvgIpc) is 3.10. The number of pyridine rings is 1. The van der Waals surface area contributed by atoms with Crippen molar-refractivity contribution in [3.8, 4) is 22.6 Å². The van der Waals surface area contributed by atoms with Crippen LogP contribution in [0.5, 0.6) is 5.75 Å². The molecule has 2 aromatic heterocycles. The Labute approximate surface area is 174 Å². The lowest BCUT2D eigenvalue weighted by Gasteiger charge is -2.12. The summed E-state index contributed by atoms with van der Waals surface area (Å²) in [5, 5.41) is 5.93. The van der Waals surface area contributed by atoms with E-state index < -0.39 is 6.36 Å². The van der Waals surface area contributed by atoms with E-state index in [4.69, 9.17) is 16.3 Å². The predicted octanol–water partition coefficient (Wildman–Crippen LogP) is 5.79. The average molecular weight is 434 g/mol. The second-order valence-electron chi connectivity index (χ2n) is 6.41. The first-order valence-electron chi connectivity index (χ1n) is 8.82. The molecule has 0 N–H and O–H groups in total. The van der Waals surface area contributed by atoms with Crippen molar-refractivity contribution in [2.45, 2.75) is 13.0 Å². The number of hydrogen-bond donors (Lipinski definition) is 0. The Kier molecular flexibility index (Phi) is 5.36. The third kappa shape index (κ3) is 4.10. The zero-order valence-corrected chi connectivity index (χ0v) is 16.4. The summed E-state index contributed by atoms with van der Waals surface area (Å²) in [4.78, 5) is 4.35.